The SMILES string of the molecule is CO[C@H]1CC(C[C@@H](C)[C@@H]2CC(=O)[C@H](C)/C=C(\C)[C@@H](O)CC(=O)[C@H](C)C[C@H](C)/C=C/C=C/C=C(\C)[C@@H](O)C[C@@H]3CC[C@@H](C)[C@@](O)(O3)C(=O)C(=O)N3CCC[C@H]3C(=O)O2)CC[C@@H]1O. The fourth-order valence-corrected chi connectivity index (χ4v) is 9.34. The van der Waals surface area contributed by atoms with E-state index in [0.717, 1.165) is 11.3 Å². The first-order valence-corrected chi connectivity index (χ1v) is 22.5. The number of Topliss-reactive ketones (excluding diaryl/α,β-unsaturated/α-hetero) is 3. The highest BCUT2D eigenvalue weighted by atomic mass is 16.6. The number of carbonyl (C=O) groups excluding carboxylic acids is 5. The predicted molar refractivity (Wildman–Crippen MR) is 230 cm³/mol. The maximum Gasteiger partial charge on any atom is 0.329 e. The minimum atomic E-state index is -2.47. The summed E-state index contributed by atoms with van der Waals surface area (Å²) in [5.74, 6) is -7.65. The second kappa shape index (κ2) is 22.9. The van der Waals surface area contributed by atoms with Crippen LogP contribution in [0.3, 0.4) is 0 Å². The van der Waals surface area contributed by atoms with Crippen LogP contribution < -0.4 is 0 Å². The Hall–Kier alpha value is -3.33. The zero-order valence-electron chi connectivity index (χ0n) is 37.7. The molecule has 13 heteroatoms. The molecule has 2 saturated heterocycles. The molecule has 4 rings (SSSR count). The lowest BCUT2D eigenvalue weighted by Crippen LogP contribution is -2.59. The average Bonchev–Trinajstić information content (AvgIpc) is 3.71. The summed E-state index contributed by atoms with van der Waals surface area (Å²) in [4.78, 5) is 70.2. The zero-order valence-corrected chi connectivity index (χ0v) is 37.7. The summed E-state index contributed by atoms with van der Waals surface area (Å²) < 4.78 is 17.7. The number of cyclic esters (lactones) is 1. The van der Waals surface area contributed by atoms with Gasteiger partial charge in [-0.1, -0.05) is 71.1 Å². The topological polar surface area (TPSA) is 197 Å². The molecule has 0 aromatic rings. The number of rotatable bonds is 4. The fourth-order valence-electron chi connectivity index (χ4n) is 9.34. The minimum absolute atomic E-state index is 0.0628. The molecule has 1 saturated carbocycles. The van der Waals surface area contributed by atoms with E-state index in [4.69, 9.17) is 14.2 Å². The lowest BCUT2D eigenvalue weighted by molar-refractivity contribution is -0.265. The van der Waals surface area contributed by atoms with Crippen molar-refractivity contribution in [2.45, 2.75) is 174 Å². The quantitative estimate of drug-likeness (QED) is 0.158. The molecule has 4 N–H and O–H groups in total. The van der Waals surface area contributed by atoms with Crippen LogP contribution in [-0.2, 0) is 38.2 Å². The van der Waals surface area contributed by atoms with Crippen LogP contribution in [0.5, 0.6) is 0 Å². The molecule has 0 radical (unpaired) electrons. The molecular formula is C48H73NO12. The van der Waals surface area contributed by atoms with E-state index in [9.17, 15) is 44.4 Å². The molecule has 3 heterocycles. The Bertz CT molecular complexity index is 1670. The van der Waals surface area contributed by atoms with Crippen molar-refractivity contribution in [3.63, 3.8) is 0 Å². The summed E-state index contributed by atoms with van der Waals surface area (Å²) in [5.41, 5.74) is 1.12. The standard InChI is InChI=1S/C48H73NO12/c1-28-13-10-9-11-14-29(2)39(51)25-36-18-16-34(7)48(58,61-36)45(55)46(56)49-20-12-15-37(49)47(57)60-43(33(6)23-35-17-19-38(50)44(24-35)59-8)27-42(54)32(5)22-31(4)41(53)26-40(52)30(3)21-28/h9-11,13-14,22,28,30,32-39,41,43-44,50-51,53,58H,12,15-21,23-27H2,1-8H3/b11-9+,13-10+,29-14+,31-22+/t28-,30-,32-,33-,34-,35?,36+,37+,38+,39+,41+,43+,44+,48-/m1/s1. The highest BCUT2D eigenvalue weighted by Crippen LogP contribution is 2.37. The third-order valence-electron chi connectivity index (χ3n) is 13.7. The Kier molecular flexibility index (Phi) is 18.8. The third kappa shape index (κ3) is 13.6. The highest BCUT2D eigenvalue weighted by molar-refractivity contribution is 6.39. The number of esters is 1. The van der Waals surface area contributed by atoms with E-state index in [1.807, 2.05) is 39.0 Å². The van der Waals surface area contributed by atoms with Gasteiger partial charge < -0.3 is 39.5 Å². The smallest absolute Gasteiger partial charge is 0.329 e. The van der Waals surface area contributed by atoms with Crippen molar-refractivity contribution >= 4 is 29.2 Å². The van der Waals surface area contributed by atoms with Crippen molar-refractivity contribution in [3.05, 3.63) is 47.6 Å². The molecule has 1 unspecified atom stereocenters. The summed E-state index contributed by atoms with van der Waals surface area (Å²) in [6.45, 7) is 12.6. The number of ketones is 3. The van der Waals surface area contributed by atoms with Gasteiger partial charge in [0.05, 0.1) is 30.5 Å². The van der Waals surface area contributed by atoms with Crippen LogP contribution in [0.25, 0.3) is 0 Å². The van der Waals surface area contributed by atoms with Gasteiger partial charge in [-0.25, -0.2) is 4.79 Å². The van der Waals surface area contributed by atoms with Crippen molar-refractivity contribution in [2.75, 3.05) is 13.7 Å². The Morgan fingerprint density at radius 2 is 1.57 bits per heavy atom. The second-order valence-electron chi connectivity index (χ2n) is 18.7. The van der Waals surface area contributed by atoms with Crippen LogP contribution in [0.15, 0.2) is 47.6 Å². The van der Waals surface area contributed by atoms with E-state index in [1.54, 1.807) is 53.0 Å². The predicted octanol–water partition coefficient (Wildman–Crippen LogP) is 5.51. The lowest BCUT2D eigenvalue weighted by atomic mass is 9.78. The van der Waals surface area contributed by atoms with Crippen LogP contribution in [-0.4, -0.2) is 117 Å². The molecule has 13 nitrogen and oxygen atoms in total. The maximum atomic E-state index is 14.1. The number of aliphatic hydroxyl groups is 4. The first-order valence-electron chi connectivity index (χ1n) is 22.5. The van der Waals surface area contributed by atoms with Crippen molar-refractivity contribution < 1.29 is 58.6 Å². The van der Waals surface area contributed by atoms with Gasteiger partial charge in [-0.3, -0.25) is 19.2 Å². The number of aliphatic hydroxyl groups excluding tert-OH is 3. The van der Waals surface area contributed by atoms with E-state index in [0.29, 0.717) is 56.1 Å². The number of carbonyl (C=O) groups is 5. The third-order valence-corrected chi connectivity index (χ3v) is 13.7. The van der Waals surface area contributed by atoms with Crippen molar-refractivity contribution in [3.8, 4) is 0 Å². The molecule has 3 fully saturated rings. The van der Waals surface area contributed by atoms with Gasteiger partial charge in [0, 0.05) is 50.7 Å². The van der Waals surface area contributed by atoms with Crippen LogP contribution in [0, 0.1) is 35.5 Å². The lowest BCUT2D eigenvalue weighted by Gasteiger charge is -2.41. The number of amides is 1. The first-order chi connectivity index (χ1) is 28.7. The van der Waals surface area contributed by atoms with Gasteiger partial charge in [0.15, 0.2) is 0 Å². The molecule has 1 aliphatic carbocycles. The number of ether oxygens (including phenoxy) is 3. The van der Waals surface area contributed by atoms with Gasteiger partial charge in [0.25, 0.3) is 11.7 Å². The number of allylic oxidation sites excluding steroid dienone is 6. The van der Waals surface area contributed by atoms with Crippen LogP contribution >= 0.6 is 0 Å². The van der Waals surface area contributed by atoms with Gasteiger partial charge in [-0.05, 0) is 101 Å². The van der Waals surface area contributed by atoms with Gasteiger partial charge in [0.2, 0.25) is 5.79 Å². The molecule has 0 aromatic heterocycles. The van der Waals surface area contributed by atoms with E-state index in [1.165, 1.54) is 0 Å². The van der Waals surface area contributed by atoms with Crippen molar-refractivity contribution in [1.82, 2.24) is 4.90 Å². The average molecular weight is 856 g/mol. The van der Waals surface area contributed by atoms with Crippen molar-refractivity contribution in [2.24, 2.45) is 35.5 Å². The highest BCUT2D eigenvalue weighted by Gasteiger charge is 2.53. The summed E-state index contributed by atoms with van der Waals surface area (Å²) >= 11 is 0. The van der Waals surface area contributed by atoms with Crippen molar-refractivity contribution in [1.29, 1.82) is 0 Å². The number of hydrogen-bond acceptors (Lipinski definition) is 12. The van der Waals surface area contributed by atoms with Gasteiger partial charge in [-0.2, -0.15) is 0 Å². The normalized spacial score (nSPS) is 40.9. The molecule has 0 spiro atoms. The number of fused-ring (bicyclic) bond motifs is 3. The molecule has 0 aromatic carbocycles. The molecule has 14 atom stereocenters. The van der Waals surface area contributed by atoms with E-state index < -0.39 is 71.8 Å². The minimum Gasteiger partial charge on any atom is -0.460 e. The molecule has 61 heavy (non-hydrogen) atoms. The monoisotopic (exact) mass is 856 g/mol. The fraction of sp³-hybridized carbons (Fsp3) is 0.729. The van der Waals surface area contributed by atoms with Crippen LogP contribution in [0.1, 0.15) is 126 Å². The summed E-state index contributed by atoms with van der Waals surface area (Å²) in [7, 11) is 1.56. The summed E-state index contributed by atoms with van der Waals surface area (Å²) in [5, 5.41) is 44.2. The Morgan fingerprint density at radius 3 is 2.28 bits per heavy atom. The Labute approximate surface area is 362 Å². The van der Waals surface area contributed by atoms with E-state index >= 15 is 0 Å². The zero-order chi connectivity index (χ0) is 45.2. The van der Waals surface area contributed by atoms with Crippen LogP contribution in [0.2, 0.25) is 0 Å². The molecule has 2 bridgehead atoms. The van der Waals surface area contributed by atoms with Gasteiger partial charge in [-0.15, -0.1) is 0 Å². The van der Waals surface area contributed by atoms with Crippen LogP contribution in [0.4, 0.5) is 0 Å². The molecular weight excluding hydrogens is 783 g/mol. The summed E-state index contributed by atoms with van der Waals surface area (Å²) in [6.07, 6.45) is 10.6. The largest absolute Gasteiger partial charge is 0.460 e. The number of methoxy groups -OCH3 is 1. The molecule has 4 aliphatic rings. The van der Waals surface area contributed by atoms with E-state index in [-0.39, 0.29) is 73.6 Å². The first kappa shape index (κ1) is 50.3. The molecule has 342 valence electrons. The number of nitrogens with zero attached hydrogens (tertiary/aromatic N) is 1. The Balaban J connectivity index is 1.63. The van der Waals surface area contributed by atoms with Gasteiger partial charge >= 0.3 is 5.97 Å². The van der Waals surface area contributed by atoms with Gasteiger partial charge in [0.1, 0.15) is 23.7 Å². The summed E-state index contributed by atoms with van der Waals surface area (Å²) in [6, 6.07) is -1.13. The second-order valence-corrected chi connectivity index (χ2v) is 18.7. The van der Waals surface area contributed by atoms with E-state index in [2.05, 4.69) is 0 Å². The number of hydrogen-bond donors (Lipinski definition) is 4. The Morgan fingerprint density at radius 1 is 0.852 bits per heavy atom. The molecule has 1 amide bonds. The molecule has 3 aliphatic heterocycles. The maximum absolute atomic E-state index is 14.1.